The Labute approximate surface area is 108 Å². The summed E-state index contributed by atoms with van der Waals surface area (Å²) in [4.78, 5) is 0. The molecule has 84 valence electrons. The molecule has 0 aliphatic carbocycles. The second kappa shape index (κ2) is 6.51. The fourth-order valence-corrected chi connectivity index (χ4v) is 2.66. The molecule has 0 spiro atoms. The standard InChI is InChI=1S/C14H21I/c1-4-5-6-14(15)10-13-8-7-11(2)12(3)9-13/h7-9,14H,4-6,10H2,1-3H3. The highest BCUT2D eigenvalue weighted by atomic mass is 127. The number of hydrogen-bond donors (Lipinski definition) is 0. The van der Waals surface area contributed by atoms with Gasteiger partial charge < -0.3 is 0 Å². The van der Waals surface area contributed by atoms with Gasteiger partial charge in [0.15, 0.2) is 0 Å². The Kier molecular flexibility index (Phi) is 5.65. The molecule has 1 aromatic rings. The first-order valence-corrected chi connectivity index (χ1v) is 7.08. The Morgan fingerprint density at radius 2 is 1.93 bits per heavy atom. The third kappa shape index (κ3) is 4.54. The van der Waals surface area contributed by atoms with E-state index >= 15 is 0 Å². The van der Waals surface area contributed by atoms with E-state index in [1.807, 2.05) is 0 Å². The molecule has 1 atom stereocenters. The molecule has 1 rings (SSSR count). The van der Waals surface area contributed by atoms with Crippen LogP contribution in [0, 0.1) is 13.8 Å². The largest absolute Gasteiger partial charge is 0.0823 e. The summed E-state index contributed by atoms with van der Waals surface area (Å²) in [5.41, 5.74) is 4.32. The number of rotatable bonds is 5. The first kappa shape index (κ1) is 13.0. The summed E-state index contributed by atoms with van der Waals surface area (Å²) in [5, 5.41) is 0. The Bertz CT molecular complexity index is 304. The highest BCUT2D eigenvalue weighted by Crippen LogP contribution is 2.18. The maximum absolute atomic E-state index is 2.59. The number of hydrogen-bond acceptors (Lipinski definition) is 0. The minimum absolute atomic E-state index is 0.796. The molecule has 1 aromatic carbocycles. The lowest BCUT2D eigenvalue weighted by atomic mass is 10.0. The normalized spacial score (nSPS) is 12.8. The fraction of sp³-hybridized carbons (Fsp3) is 0.571. The van der Waals surface area contributed by atoms with Gasteiger partial charge in [-0.05, 0) is 43.4 Å². The number of aryl methyl sites for hydroxylation is 2. The summed E-state index contributed by atoms with van der Waals surface area (Å²) in [6.45, 7) is 6.64. The van der Waals surface area contributed by atoms with Crippen molar-refractivity contribution in [1.82, 2.24) is 0 Å². The van der Waals surface area contributed by atoms with Crippen molar-refractivity contribution < 1.29 is 0 Å². The molecule has 0 amide bonds. The molecule has 0 aromatic heterocycles. The highest BCUT2D eigenvalue weighted by Gasteiger charge is 2.05. The van der Waals surface area contributed by atoms with Gasteiger partial charge in [0, 0.05) is 3.92 Å². The van der Waals surface area contributed by atoms with Gasteiger partial charge >= 0.3 is 0 Å². The van der Waals surface area contributed by atoms with Gasteiger partial charge in [0.2, 0.25) is 0 Å². The average Bonchev–Trinajstić information content (AvgIpc) is 2.20. The van der Waals surface area contributed by atoms with Crippen LogP contribution in [0.1, 0.15) is 42.9 Å². The monoisotopic (exact) mass is 316 g/mol. The minimum atomic E-state index is 0.796. The lowest BCUT2D eigenvalue weighted by Crippen LogP contribution is -2.02. The molecule has 0 radical (unpaired) electrons. The van der Waals surface area contributed by atoms with Gasteiger partial charge in [-0.1, -0.05) is 60.6 Å². The van der Waals surface area contributed by atoms with E-state index in [-0.39, 0.29) is 0 Å². The van der Waals surface area contributed by atoms with E-state index < -0.39 is 0 Å². The van der Waals surface area contributed by atoms with Crippen molar-refractivity contribution in [3.05, 3.63) is 34.9 Å². The van der Waals surface area contributed by atoms with E-state index in [9.17, 15) is 0 Å². The molecule has 1 unspecified atom stereocenters. The van der Waals surface area contributed by atoms with Crippen molar-refractivity contribution >= 4 is 22.6 Å². The van der Waals surface area contributed by atoms with Crippen LogP contribution in [0.3, 0.4) is 0 Å². The Balaban J connectivity index is 2.53. The molecule has 0 saturated carbocycles. The molecule has 15 heavy (non-hydrogen) atoms. The van der Waals surface area contributed by atoms with Crippen molar-refractivity contribution in [2.24, 2.45) is 0 Å². The van der Waals surface area contributed by atoms with E-state index in [4.69, 9.17) is 0 Å². The van der Waals surface area contributed by atoms with Crippen LogP contribution >= 0.6 is 22.6 Å². The van der Waals surface area contributed by atoms with Gasteiger partial charge in [-0.15, -0.1) is 0 Å². The smallest absolute Gasteiger partial charge is 0.0150 e. The molecular formula is C14H21I. The van der Waals surface area contributed by atoms with Crippen LogP contribution in [0.25, 0.3) is 0 Å². The third-order valence-corrected chi connectivity index (χ3v) is 3.96. The average molecular weight is 316 g/mol. The van der Waals surface area contributed by atoms with Crippen LogP contribution in [-0.4, -0.2) is 3.92 Å². The van der Waals surface area contributed by atoms with Crippen LogP contribution in [0.4, 0.5) is 0 Å². The zero-order chi connectivity index (χ0) is 11.3. The molecule has 0 aliphatic heterocycles. The zero-order valence-electron chi connectivity index (χ0n) is 10.0. The van der Waals surface area contributed by atoms with E-state index in [2.05, 4.69) is 61.6 Å². The molecule has 0 aliphatic rings. The zero-order valence-corrected chi connectivity index (χ0v) is 12.2. The van der Waals surface area contributed by atoms with Gasteiger partial charge in [-0.2, -0.15) is 0 Å². The van der Waals surface area contributed by atoms with Gasteiger partial charge in [0.05, 0.1) is 0 Å². The second-order valence-electron chi connectivity index (χ2n) is 4.36. The molecular weight excluding hydrogens is 295 g/mol. The van der Waals surface area contributed by atoms with Crippen molar-refractivity contribution in [2.45, 2.75) is 50.4 Å². The minimum Gasteiger partial charge on any atom is -0.0823 e. The van der Waals surface area contributed by atoms with Gasteiger partial charge in [0.1, 0.15) is 0 Å². The number of unbranched alkanes of at least 4 members (excludes halogenated alkanes) is 1. The highest BCUT2D eigenvalue weighted by molar-refractivity contribution is 14.1. The van der Waals surface area contributed by atoms with E-state index in [1.54, 1.807) is 0 Å². The predicted molar refractivity (Wildman–Crippen MR) is 77.0 cm³/mol. The summed E-state index contributed by atoms with van der Waals surface area (Å²) >= 11 is 2.59. The van der Waals surface area contributed by atoms with E-state index in [1.165, 1.54) is 42.4 Å². The topological polar surface area (TPSA) is 0 Å². The lowest BCUT2D eigenvalue weighted by molar-refractivity contribution is 0.695. The van der Waals surface area contributed by atoms with Gasteiger partial charge in [-0.25, -0.2) is 0 Å². The van der Waals surface area contributed by atoms with Crippen molar-refractivity contribution in [3.8, 4) is 0 Å². The van der Waals surface area contributed by atoms with Gasteiger partial charge in [0.25, 0.3) is 0 Å². The molecule has 0 bridgehead atoms. The lowest BCUT2D eigenvalue weighted by Gasteiger charge is -2.10. The quantitative estimate of drug-likeness (QED) is 0.539. The van der Waals surface area contributed by atoms with Crippen molar-refractivity contribution in [2.75, 3.05) is 0 Å². The van der Waals surface area contributed by atoms with Crippen molar-refractivity contribution in [1.29, 1.82) is 0 Å². The Morgan fingerprint density at radius 1 is 1.20 bits per heavy atom. The SMILES string of the molecule is CCCCC(I)Cc1ccc(C)c(C)c1. The van der Waals surface area contributed by atoms with Crippen LogP contribution in [0.15, 0.2) is 18.2 Å². The summed E-state index contributed by atoms with van der Waals surface area (Å²) < 4.78 is 0.796. The van der Waals surface area contributed by atoms with Gasteiger partial charge in [-0.3, -0.25) is 0 Å². The maximum Gasteiger partial charge on any atom is 0.0150 e. The summed E-state index contributed by atoms with van der Waals surface area (Å²) in [6.07, 6.45) is 5.25. The molecule has 0 saturated heterocycles. The summed E-state index contributed by atoms with van der Waals surface area (Å²) in [7, 11) is 0. The predicted octanol–water partition coefficient (Wildman–Crippen LogP) is 4.84. The van der Waals surface area contributed by atoms with Crippen LogP contribution in [-0.2, 0) is 6.42 Å². The third-order valence-electron chi connectivity index (χ3n) is 2.90. The first-order valence-electron chi connectivity index (χ1n) is 5.83. The maximum atomic E-state index is 2.59. The molecule has 0 nitrogen and oxygen atoms in total. The number of alkyl halides is 1. The number of halogens is 1. The van der Waals surface area contributed by atoms with Crippen LogP contribution in [0.2, 0.25) is 0 Å². The van der Waals surface area contributed by atoms with Crippen LogP contribution in [0.5, 0.6) is 0 Å². The fourth-order valence-electron chi connectivity index (χ4n) is 1.71. The van der Waals surface area contributed by atoms with E-state index in [0.29, 0.717) is 0 Å². The Morgan fingerprint density at radius 3 is 2.53 bits per heavy atom. The molecule has 0 N–H and O–H groups in total. The number of benzene rings is 1. The first-order chi connectivity index (χ1) is 7.13. The van der Waals surface area contributed by atoms with E-state index in [0.717, 1.165) is 3.92 Å². The van der Waals surface area contributed by atoms with Crippen LogP contribution < -0.4 is 0 Å². The second-order valence-corrected chi connectivity index (χ2v) is 6.12. The molecule has 1 heteroatoms. The summed E-state index contributed by atoms with van der Waals surface area (Å²) in [5.74, 6) is 0. The Hall–Kier alpha value is -0.0500. The van der Waals surface area contributed by atoms with Crippen molar-refractivity contribution in [3.63, 3.8) is 0 Å². The molecule has 0 fully saturated rings. The molecule has 0 heterocycles. The summed E-state index contributed by atoms with van der Waals surface area (Å²) in [6, 6.07) is 6.86.